The Bertz CT molecular complexity index is 1130. The minimum absolute atomic E-state index is 0.0829. The third-order valence-electron chi connectivity index (χ3n) is 5.46. The molecule has 3 atom stereocenters. The average Bonchev–Trinajstić information content (AvgIpc) is 3.38. The van der Waals surface area contributed by atoms with Crippen LogP contribution >= 0.6 is 69.8 Å². The van der Waals surface area contributed by atoms with Gasteiger partial charge in [0.15, 0.2) is 0 Å². The summed E-state index contributed by atoms with van der Waals surface area (Å²) in [6.07, 6.45) is 2.28. The Hall–Kier alpha value is -1.35. The number of nitrogens with one attached hydrogen (secondary N) is 2. The second kappa shape index (κ2) is 11.8. The van der Waals surface area contributed by atoms with Crippen LogP contribution in [-0.4, -0.2) is 47.3 Å². The van der Waals surface area contributed by atoms with Gasteiger partial charge in [-0.25, -0.2) is 4.79 Å². The lowest BCUT2D eigenvalue weighted by Crippen LogP contribution is -2.42. The van der Waals surface area contributed by atoms with Gasteiger partial charge in [0.25, 0.3) is 5.91 Å². The molecule has 12 heteroatoms. The van der Waals surface area contributed by atoms with Gasteiger partial charge in [-0.05, 0) is 60.4 Å². The topological polar surface area (TPSA) is 84.5 Å². The van der Waals surface area contributed by atoms with Gasteiger partial charge in [-0.15, -0.1) is 23.2 Å². The van der Waals surface area contributed by atoms with Crippen molar-refractivity contribution in [2.45, 2.75) is 22.7 Å². The first-order valence-electron chi connectivity index (χ1n) is 10.3. The van der Waals surface area contributed by atoms with Crippen molar-refractivity contribution in [3.05, 3.63) is 62.6 Å². The number of amides is 2. The highest BCUT2D eigenvalue weighted by atomic mass is 35.5. The standard InChI is InChI=1S/C23H21Cl5N2O4S/c1-34-22(33)17(5-6-35-2)30-20(31)15-10-14(3-4-16(15)26)29-21(32)19-18(23(19,27)28)11-7-12(24)9-13(25)8-11/h3-4,7-10,17-19H,5-6H2,1-2H3,(H,29,32)(H,30,31)/t17?,18-,19+/m0/s1. The van der Waals surface area contributed by atoms with Crippen molar-refractivity contribution in [2.24, 2.45) is 5.92 Å². The molecule has 1 aliphatic carbocycles. The molecule has 0 saturated heterocycles. The number of ether oxygens (including phenoxy) is 1. The molecule has 0 aliphatic heterocycles. The molecule has 0 radical (unpaired) electrons. The van der Waals surface area contributed by atoms with E-state index in [4.69, 9.17) is 62.7 Å². The predicted molar refractivity (Wildman–Crippen MR) is 143 cm³/mol. The molecule has 3 rings (SSSR count). The lowest BCUT2D eigenvalue weighted by molar-refractivity contribution is -0.142. The van der Waals surface area contributed by atoms with E-state index in [-0.39, 0.29) is 10.6 Å². The van der Waals surface area contributed by atoms with Crippen LogP contribution in [0.3, 0.4) is 0 Å². The molecule has 35 heavy (non-hydrogen) atoms. The summed E-state index contributed by atoms with van der Waals surface area (Å²) in [5.74, 6) is -2.24. The van der Waals surface area contributed by atoms with Crippen LogP contribution in [0.25, 0.3) is 0 Å². The first kappa shape index (κ1) is 28.2. The number of carbonyl (C=O) groups excluding carboxylic acids is 3. The van der Waals surface area contributed by atoms with Crippen molar-refractivity contribution in [1.82, 2.24) is 5.32 Å². The average molecular weight is 599 g/mol. The van der Waals surface area contributed by atoms with Crippen molar-refractivity contribution in [1.29, 1.82) is 0 Å². The highest BCUT2D eigenvalue weighted by Gasteiger charge is 2.67. The second-order valence-corrected chi connectivity index (χ2v) is 11.6. The number of esters is 1. The Labute approximate surface area is 232 Å². The van der Waals surface area contributed by atoms with Crippen LogP contribution < -0.4 is 10.6 Å². The van der Waals surface area contributed by atoms with Gasteiger partial charge in [-0.1, -0.05) is 34.8 Å². The zero-order chi connectivity index (χ0) is 25.9. The van der Waals surface area contributed by atoms with Crippen LogP contribution in [0.1, 0.15) is 28.3 Å². The molecule has 1 unspecified atom stereocenters. The molecule has 2 aromatic rings. The highest BCUT2D eigenvalue weighted by molar-refractivity contribution is 7.98. The summed E-state index contributed by atoms with van der Waals surface area (Å²) in [6, 6.07) is 8.47. The summed E-state index contributed by atoms with van der Waals surface area (Å²) < 4.78 is 3.42. The van der Waals surface area contributed by atoms with E-state index in [9.17, 15) is 14.4 Å². The van der Waals surface area contributed by atoms with E-state index >= 15 is 0 Å². The van der Waals surface area contributed by atoms with E-state index in [0.29, 0.717) is 33.5 Å². The number of alkyl halides is 2. The molecule has 1 aliphatic rings. The van der Waals surface area contributed by atoms with E-state index in [0.717, 1.165) is 0 Å². The molecule has 6 nitrogen and oxygen atoms in total. The van der Waals surface area contributed by atoms with Crippen molar-refractivity contribution in [2.75, 3.05) is 24.4 Å². The van der Waals surface area contributed by atoms with Gasteiger partial charge in [-0.2, -0.15) is 11.8 Å². The monoisotopic (exact) mass is 596 g/mol. The lowest BCUT2D eigenvalue weighted by Gasteiger charge is -2.17. The Morgan fingerprint density at radius 2 is 1.74 bits per heavy atom. The number of hydrogen-bond acceptors (Lipinski definition) is 5. The minimum atomic E-state index is -1.35. The van der Waals surface area contributed by atoms with Crippen molar-refractivity contribution < 1.29 is 19.1 Å². The zero-order valence-corrected chi connectivity index (χ0v) is 23.1. The molecular weight excluding hydrogens is 578 g/mol. The number of carbonyl (C=O) groups is 3. The second-order valence-electron chi connectivity index (χ2n) is 7.85. The summed E-state index contributed by atoms with van der Waals surface area (Å²) >= 11 is 32.7. The maximum Gasteiger partial charge on any atom is 0.328 e. The van der Waals surface area contributed by atoms with Crippen molar-refractivity contribution >= 4 is 93.2 Å². The number of halogens is 5. The van der Waals surface area contributed by atoms with E-state index < -0.39 is 40.0 Å². The fraction of sp³-hybridized carbons (Fsp3) is 0.348. The molecular formula is C23H21Cl5N2O4S. The highest BCUT2D eigenvalue weighted by Crippen LogP contribution is 2.65. The lowest BCUT2D eigenvalue weighted by atomic mass is 10.1. The first-order chi connectivity index (χ1) is 16.5. The number of thioether (sulfide) groups is 1. The quantitative estimate of drug-likeness (QED) is 0.265. The van der Waals surface area contributed by atoms with Crippen LogP contribution in [0.15, 0.2) is 36.4 Å². The van der Waals surface area contributed by atoms with Gasteiger partial charge in [-0.3, -0.25) is 9.59 Å². The molecule has 1 fully saturated rings. The molecule has 0 aromatic heterocycles. The first-order valence-corrected chi connectivity index (χ1v) is 13.6. The smallest absolute Gasteiger partial charge is 0.328 e. The maximum absolute atomic E-state index is 13.0. The third kappa shape index (κ3) is 6.70. The number of anilines is 1. The summed E-state index contributed by atoms with van der Waals surface area (Å²) in [7, 11) is 1.25. The Morgan fingerprint density at radius 1 is 1.09 bits per heavy atom. The van der Waals surface area contributed by atoms with Crippen LogP contribution in [0.2, 0.25) is 15.1 Å². The summed E-state index contributed by atoms with van der Waals surface area (Å²) in [4.78, 5) is 37.9. The van der Waals surface area contributed by atoms with E-state index in [2.05, 4.69) is 10.6 Å². The molecule has 2 amide bonds. The summed E-state index contributed by atoms with van der Waals surface area (Å²) in [5, 5.41) is 6.31. The largest absolute Gasteiger partial charge is 0.467 e. The summed E-state index contributed by atoms with van der Waals surface area (Å²) in [6.45, 7) is 0. The Kier molecular flexibility index (Phi) is 9.51. The van der Waals surface area contributed by atoms with Crippen molar-refractivity contribution in [3.63, 3.8) is 0 Å². The van der Waals surface area contributed by atoms with Crippen LogP contribution in [0.5, 0.6) is 0 Å². The summed E-state index contributed by atoms with van der Waals surface area (Å²) in [5.41, 5.74) is 1.03. The van der Waals surface area contributed by atoms with E-state index in [1.807, 2.05) is 6.26 Å². The number of rotatable bonds is 9. The number of methoxy groups -OCH3 is 1. The van der Waals surface area contributed by atoms with Gasteiger partial charge in [0.05, 0.1) is 23.6 Å². The normalized spacial score (nSPS) is 18.9. The number of hydrogen-bond donors (Lipinski definition) is 2. The Balaban J connectivity index is 1.75. The molecule has 2 N–H and O–H groups in total. The third-order valence-corrected chi connectivity index (χ3v) is 7.81. The fourth-order valence-corrected chi connectivity index (χ4v) is 5.73. The number of benzene rings is 2. The molecule has 1 saturated carbocycles. The molecule has 0 bridgehead atoms. The predicted octanol–water partition coefficient (Wildman–Crippen LogP) is 6.20. The van der Waals surface area contributed by atoms with Crippen LogP contribution in [-0.2, 0) is 14.3 Å². The van der Waals surface area contributed by atoms with Crippen LogP contribution in [0.4, 0.5) is 5.69 Å². The van der Waals surface area contributed by atoms with Gasteiger partial charge >= 0.3 is 5.97 Å². The molecule has 0 spiro atoms. The molecule has 0 heterocycles. The minimum Gasteiger partial charge on any atom is -0.467 e. The van der Waals surface area contributed by atoms with Gasteiger partial charge in [0, 0.05) is 21.7 Å². The van der Waals surface area contributed by atoms with Gasteiger partial charge < -0.3 is 15.4 Å². The maximum atomic E-state index is 13.0. The fourth-order valence-electron chi connectivity index (χ4n) is 3.68. The van der Waals surface area contributed by atoms with Crippen molar-refractivity contribution in [3.8, 4) is 0 Å². The zero-order valence-electron chi connectivity index (χ0n) is 18.5. The Morgan fingerprint density at radius 3 is 2.34 bits per heavy atom. The van der Waals surface area contributed by atoms with E-state index in [1.54, 1.807) is 24.3 Å². The molecule has 2 aromatic carbocycles. The van der Waals surface area contributed by atoms with E-state index in [1.165, 1.54) is 31.0 Å². The van der Waals surface area contributed by atoms with Crippen LogP contribution in [0, 0.1) is 5.92 Å². The molecule has 188 valence electrons. The SMILES string of the molecule is COC(=O)C(CCSC)NC(=O)c1cc(NC(=O)[C@H]2[C@H](c3cc(Cl)cc(Cl)c3)C2(Cl)Cl)ccc1Cl. The van der Waals surface area contributed by atoms with Gasteiger partial charge in [0.1, 0.15) is 10.4 Å². The van der Waals surface area contributed by atoms with Gasteiger partial charge in [0.2, 0.25) is 5.91 Å².